The van der Waals surface area contributed by atoms with Crippen LogP contribution in [-0.4, -0.2) is 13.7 Å². The summed E-state index contributed by atoms with van der Waals surface area (Å²) in [7, 11) is 1.73. The fraction of sp³-hybridized carbons (Fsp3) is 0.368. The highest BCUT2D eigenvalue weighted by molar-refractivity contribution is 5.73. The van der Waals surface area contributed by atoms with Crippen molar-refractivity contribution in [1.82, 2.24) is 5.32 Å². The van der Waals surface area contributed by atoms with Crippen LogP contribution in [0.3, 0.4) is 0 Å². The van der Waals surface area contributed by atoms with Crippen molar-refractivity contribution in [2.75, 3.05) is 13.7 Å². The quantitative estimate of drug-likeness (QED) is 0.878. The summed E-state index contributed by atoms with van der Waals surface area (Å²) in [5.41, 5.74) is 7.67. The van der Waals surface area contributed by atoms with E-state index in [0.717, 1.165) is 18.8 Å². The average Bonchev–Trinajstić information content (AvgIpc) is 2.48. The fourth-order valence-electron chi connectivity index (χ4n) is 2.65. The zero-order valence-electron chi connectivity index (χ0n) is 13.7. The van der Waals surface area contributed by atoms with Gasteiger partial charge in [0.2, 0.25) is 0 Å². The van der Waals surface area contributed by atoms with Crippen LogP contribution in [0.4, 0.5) is 0 Å². The van der Waals surface area contributed by atoms with Gasteiger partial charge in [0.25, 0.3) is 0 Å². The molecule has 2 aromatic carbocycles. The molecule has 0 amide bonds. The lowest BCUT2D eigenvalue weighted by Crippen LogP contribution is -2.12. The van der Waals surface area contributed by atoms with Crippen LogP contribution in [0.2, 0.25) is 0 Å². The Morgan fingerprint density at radius 3 is 2.38 bits per heavy atom. The topological polar surface area (TPSA) is 21.3 Å². The van der Waals surface area contributed by atoms with Crippen LogP contribution < -0.4 is 10.1 Å². The van der Waals surface area contributed by atoms with E-state index >= 15 is 0 Å². The van der Waals surface area contributed by atoms with Gasteiger partial charge in [-0.3, -0.25) is 0 Å². The molecule has 0 atom stereocenters. The van der Waals surface area contributed by atoms with E-state index in [1.807, 2.05) is 0 Å². The Morgan fingerprint density at radius 1 is 0.952 bits per heavy atom. The number of nitrogens with one attached hydrogen (secondary N) is 1. The Kier molecular flexibility index (Phi) is 5.03. The van der Waals surface area contributed by atoms with Crippen LogP contribution in [0.5, 0.6) is 5.75 Å². The van der Waals surface area contributed by atoms with E-state index in [-0.39, 0.29) is 0 Å². The fourth-order valence-corrected chi connectivity index (χ4v) is 2.65. The molecule has 0 fully saturated rings. The smallest absolute Gasteiger partial charge is 0.122 e. The number of ether oxygens (including phenoxy) is 1. The predicted octanol–water partition coefficient (Wildman–Crippen LogP) is 4.40. The summed E-state index contributed by atoms with van der Waals surface area (Å²) in [5, 5.41) is 3.43. The Bertz CT molecular complexity index is 632. The summed E-state index contributed by atoms with van der Waals surface area (Å²) in [4.78, 5) is 0. The molecule has 0 radical (unpaired) electrons. The van der Waals surface area contributed by atoms with Crippen molar-refractivity contribution in [3.05, 3.63) is 52.6 Å². The van der Waals surface area contributed by atoms with Gasteiger partial charge in [0.15, 0.2) is 0 Å². The normalized spacial score (nSPS) is 10.7. The highest BCUT2D eigenvalue weighted by Crippen LogP contribution is 2.32. The standard InChI is InChI=1S/C19H25NO/c1-6-20-12-16-8-7-13(2)9-18(16)17-10-15(4)19(21-5)11-14(17)3/h7-11,20H,6,12H2,1-5H3. The van der Waals surface area contributed by atoms with E-state index in [2.05, 4.69) is 63.3 Å². The summed E-state index contributed by atoms with van der Waals surface area (Å²) in [6.07, 6.45) is 0. The monoisotopic (exact) mass is 283 g/mol. The first-order valence-electron chi connectivity index (χ1n) is 7.52. The van der Waals surface area contributed by atoms with Gasteiger partial charge >= 0.3 is 0 Å². The molecule has 0 aliphatic rings. The van der Waals surface area contributed by atoms with Crippen molar-refractivity contribution >= 4 is 0 Å². The summed E-state index contributed by atoms with van der Waals surface area (Å²) in [5.74, 6) is 0.956. The Morgan fingerprint density at radius 2 is 1.71 bits per heavy atom. The lowest BCUT2D eigenvalue weighted by Gasteiger charge is -2.16. The molecular formula is C19H25NO. The van der Waals surface area contributed by atoms with Gasteiger partial charge in [-0.25, -0.2) is 0 Å². The molecule has 112 valence electrons. The Balaban J connectivity index is 2.54. The number of aryl methyl sites for hydroxylation is 3. The molecule has 2 heteroatoms. The van der Waals surface area contributed by atoms with Gasteiger partial charge in [-0.2, -0.15) is 0 Å². The maximum atomic E-state index is 5.42. The molecule has 0 bridgehead atoms. The Labute approximate surface area is 128 Å². The minimum Gasteiger partial charge on any atom is -0.496 e. The first-order chi connectivity index (χ1) is 10.1. The van der Waals surface area contributed by atoms with Gasteiger partial charge in [-0.05, 0) is 67.3 Å². The van der Waals surface area contributed by atoms with E-state index in [0.29, 0.717) is 0 Å². The molecule has 21 heavy (non-hydrogen) atoms. The van der Waals surface area contributed by atoms with Crippen LogP contribution >= 0.6 is 0 Å². The third-order valence-corrected chi connectivity index (χ3v) is 3.86. The number of hydrogen-bond donors (Lipinski definition) is 1. The largest absolute Gasteiger partial charge is 0.496 e. The molecule has 0 saturated heterocycles. The van der Waals surface area contributed by atoms with E-state index < -0.39 is 0 Å². The van der Waals surface area contributed by atoms with Crippen molar-refractivity contribution < 1.29 is 4.74 Å². The maximum Gasteiger partial charge on any atom is 0.122 e. The Hall–Kier alpha value is -1.80. The van der Waals surface area contributed by atoms with Gasteiger partial charge in [0, 0.05) is 6.54 Å². The summed E-state index contributed by atoms with van der Waals surface area (Å²) in [6.45, 7) is 10.4. The number of benzene rings is 2. The number of hydrogen-bond acceptors (Lipinski definition) is 2. The molecule has 2 aromatic rings. The van der Waals surface area contributed by atoms with Crippen LogP contribution in [-0.2, 0) is 6.54 Å². The van der Waals surface area contributed by atoms with Crippen molar-refractivity contribution in [3.8, 4) is 16.9 Å². The lowest BCUT2D eigenvalue weighted by molar-refractivity contribution is 0.411. The van der Waals surface area contributed by atoms with E-state index in [1.54, 1.807) is 7.11 Å². The third kappa shape index (κ3) is 3.45. The van der Waals surface area contributed by atoms with Gasteiger partial charge < -0.3 is 10.1 Å². The van der Waals surface area contributed by atoms with Crippen LogP contribution in [0.25, 0.3) is 11.1 Å². The molecular weight excluding hydrogens is 258 g/mol. The van der Waals surface area contributed by atoms with Gasteiger partial charge in [-0.1, -0.05) is 30.7 Å². The van der Waals surface area contributed by atoms with E-state index in [1.165, 1.54) is 33.4 Å². The zero-order valence-corrected chi connectivity index (χ0v) is 13.7. The second-order valence-electron chi connectivity index (χ2n) is 5.58. The summed E-state index contributed by atoms with van der Waals surface area (Å²) < 4.78 is 5.42. The van der Waals surface area contributed by atoms with Crippen LogP contribution in [0.15, 0.2) is 30.3 Å². The van der Waals surface area contributed by atoms with E-state index in [9.17, 15) is 0 Å². The second kappa shape index (κ2) is 6.77. The van der Waals surface area contributed by atoms with E-state index in [4.69, 9.17) is 4.74 Å². The molecule has 0 aromatic heterocycles. The summed E-state index contributed by atoms with van der Waals surface area (Å²) in [6, 6.07) is 11.1. The SMILES string of the molecule is CCNCc1ccc(C)cc1-c1cc(C)c(OC)cc1C. The first-order valence-corrected chi connectivity index (χ1v) is 7.52. The van der Waals surface area contributed by atoms with Gasteiger partial charge in [0.05, 0.1) is 7.11 Å². The highest BCUT2D eigenvalue weighted by atomic mass is 16.5. The minimum absolute atomic E-state index is 0.899. The highest BCUT2D eigenvalue weighted by Gasteiger charge is 2.11. The van der Waals surface area contributed by atoms with Gasteiger partial charge in [-0.15, -0.1) is 0 Å². The molecule has 1 N–H and O–H groups in total. The molecule has 0 unspecified atom stereocenters. The average molecular weight is 283 g/mol. The molecule has 0 spiro atoms. The van der Waals surface area contributed by atoms with Crippen molar-refractivity contribution in [3.63, 3.8) is 0 Å². The van der Waals surface area contributed by atoms with Crippen molar-refractivity contribution in [2.24, 2.45) is 0 Å². The summed E-state index contributed by atoms with van der Waals surface area (Å²) >= 11 is 0. The maximum absolute atomic E-state index is 5.42. The predicted molar refractivity (Wildman–Crippen MR) is 90.0 cm³/mol. The van der Waals surface area contributed by atoms with Gasteiger partial charge in [0.1, 0.15) is 5.75 Å². The number of methoxy groups -OCH3 is 1. The molecule has 2 nitrogen and oxygen atoms in total. The molecule has 0 aliphatic heterocycles. The van der Waals surface area contributed by atoms with Crippen LogP contribution in [0.1, 0.15) is 29.2 Å². The van der Waals surface area contributed by atoms with Crippen molar-refractivity contribution in [2.45, 2.75) is 34.2 Å². The number of rotatable bonds is 5. The molecule has 0 saturated carbocycles. The second-order valence-corrected chi connectivity index (χ2v) is 5.58. The van der Waals surface area contributed by atoms with Crippen LogP contribution in [0, 0.1) is 20.8 Å². The molecule has 0 heterocycles. The molecule has 2 rings (SSSR count). The minimum atomic E-state index is 0.899. The van der Waals surface area contributed by atoms with Crippen molar-refractivity contribution in [1.29, 1.82) is 0 Å². The molecule has 0 aliphatic carbocycles. The lowest BCUT2D eigenvalue weighted by atomic mass is 9.92. The first kappa shape index (κ1) is 15.6. The zero-order chi connectivity index (χ0) is 15.4. The third-order valence-electron chi connectivity index (χ3n) is 3.86.